The van der Waals surface area contributed by atoms with Crippen LogP contribution < -0.4 is 0 Å². The molecule has 0 aliphatic heterocycles. The summed E-state index contributed by atoms with van der Waals surface area (Å²) >= 11 is 0. The van der Waals surface area contributed by atoms with Gasteiger partial charge in [-0.05, 0) is 85.6 Å². The van der Waals surface area contributed by atoms with E-state index in [4.69, 9.17) is 8.85 Å². The third kappa shape index (κ3) is 5.35. The van der Waals surface area contributed by atoms with Crippen LogP contribution in [0.3, 0.4) is 0 Å². The lowest BCUT2D eigenvalue weighted by atomic mass is 9.63. The summed E-state index contributed by atoms with van der Waals surface area (Å²) in [5.74, 6) is 1.33. The number of rotatable bonds is 7. The second-order valence-corrected chi connectivity index (χ2v) is 23.1. The second kappa shape index (κ2) is 8.80. The van der Waals surface area contributed by atoms with Crippen molar-refractivity contribution in [2.45, 2.75) is 129 Å². The van der Waals surface area contributed by atoms with Crippen molar-refractivity contribution in [2.24, 2.45) is 17.3 Å². The summed E-state index contributed by atoms with van der Waals surface area (Å²) in [6, 6.07) is 0. The fraction of sp³-hybridized carbons (Fsp3) is 0.923. The smallest absolute Gasteiger partial charge is 0.192 e. The van der Waals surface area contributed by atoms with Crippen molar-refractivity contribution in [3.05, 3.63) is 12.2 Å². The summed E-state index contributed by atoms with van der Waals surface area (Å²) in [5, 5.41) is 0.556. The third-order valence-electron chi connectivity index (χ3n) is 9.50. The lowest BCUT2D eigenvalue weighted by Gasteiger charge is -2.49. The van der Waals surface area contributed by atoms with Crippen LogP contribution in [0.15, 0.2) is 12.2 Å². The van der Waals surface area contributed by atoms with Crippen LogP contribution in [0.2, 0.25) is 36.3 Å². The van der Waals surface area contributed by atoms with Crippen LogP contribution in [-0.2, 0) is 8.85 Å². The molecule has 0 radical (unpaired) electrons. The Bertz CT molecular complexity index is 612. The Morgan fingerprint density at radius 2 is 1.50 bits per heavy atom. The van der Waals surface area contributed by atoms with Crippen LogP contribution in [0.5, 0.6) is 0 Å². The highest BCUT2D eigenvalue weighted by Crippen LogP contribution is 2.59. The van der Waals surface area contributed by atoms with Crippen molar-refractivity contribution in [1.29, 1.82) is 0 Å². The van der Waals surface area contributed by atoms with E-state index in [-0.39, 0.29) is 10.1 Å². The predicted octanol–water partition coefficient (Wildman–Crippen LogP) is 8.56. The van der Waals surface area contributed by atoms with Gasteiger partial charge in [0, 0.05) is 12.7 Å². The summed E-state index contributed by atoms with van der Waals surface area (Å²) in [5.41, 5.74) is 1.80. The van der Waals surface area contributed by atoms with Crippen molar-refractivity contribution in [2.75, 3.05) is 6.61 Å². The minimum atomic E-state index is -1.73. The molecule has 0 amide bonds. The zero-order valence-corrected chi connectivity index (χ0v) is 24.2. The molecule has 2 aliphatic rings. The van der Waals surface area contributed by atoms with Gasteiger partial charge in [0.1, 0.15) is 0 Å². The van der Waals surface area contributed by atoms with Gasteiger partial charge in [-0.3, -0.25) is 0 Å². The third-order valence-corrected chi connectivity index (χ3v) is 18.5. The Morgan fingerprint density at radius 1 is 0.933 bits per heavy atom. The van der Waals surface area contributed by atoms with E-state index in [0.717, 1.165) is 13.0 Å². The van der Waals surface area contributed by atoms with Gasteiger partial charge in [-0.15, -0.1) is 0 Å². The number of fused-ring (bicyclic) bond motifs is 1. The van der Waals surface area contributed by atoms with Crippen molar-refractivity contribution in [1.82, 2.24) is 0 Å². The van der Waals surface area contributed by atoms with Crippen LogP contribution in [0, 0.1) is 17.3 Å². The SMILES string of the molecule is C=C(CCO[Si](C)(C)C(C)(C)C)[C@H]1CCC2[C@@H](O[Si](C)(C)C(C)(C)C)CCC[C@@]21C. The Labute approximate surface area is 190 Å². The minimum absolute atomic E-state index is 0.274. The van der Waals surface area contributed by atoms with E-state index in [9.17, 15) is 0 Å². The average Bonchev–Trinajstić information content (AvgIpc) is 2.90. The standard InChI is InChI=1S/C26H52O2Si2/c1-20(17-19-27-29(9,10)24(2,3)4)21-15-16-22-23(14-13-18-26(21,22)8)28-30(11,12)25(5,6)7/h21-23H,1,13-19H2,2-12H3/t21-,22?,23+,26-/m1/s1. The Hall–Kier alpha value is 0.0938. The van der Waals surface area contributed by atoms with E-state index >= 15 is 0 Å². The fourth-order valence-corrected chi connectivity index (χ4v) is 7.75. The highest BCUT2D eigenvalue weighted by Gasteiger charge is 2.53. The first-order chi connectivity index (χ1) is 13.4. The zero-order chi connectivity index (χ0) is 23.2. The number of hydrogen-bond donors (Lipinski definition) is 0. The molecule has 2 aliphatic carbocycles. The summed E-state index contributed by atoms with van der Waals surface area (Å²) < 4.78 is 13.5. The van der Waals surface area contributed by atoms with E-state index in [1.54, 1.807) is 0 Å². The molecule has 2 fully saturated rings. The fourth-order valence-electron chi connectivity index (χ4n) is 5.31. The van der Waals surface area contributed by atoms with Crippen LogP contribution in [0.1, 0.15) is 87.0 Å². The van der Waals surface area contributed by atoms with Crippen LogP contribution in [0.25, 0.3) is 0 Å². The quantitative estimate of drug-likeness (QED) is 0.284. The topological polar surface area (TPSA) is 18.5 Å². The van der Waals surface area contributed by atoms with Gasteiger partial charge in [-0.1, -0.05) is 67.0 Å². The van der Waals surface area contributed by atoms with E-state index in [2.05, 4.69) is 81.2 Å². The summed E-state index contributed by atoms with van der Waals surface area (Å²) in [6.07, 6.45) is 7.96. The van der Waals surface area contributed by atoms with Crippen molar-refractivity contribution in [3.8, 4) is 0 Å². The lowest BCUT2D eigenvalue weighted by Crippen LogP contribution is -2.50. The van der Waals surface area contributed by atoms with Gasteiger partial charge in [0.25, 0.3) is 0 Å². The van der Waals surface area contributed by atoms with Gasteiger partial charge in [-0.25, -0.2) is 0 Å². The van der Waals surface area contributed by atoms with Crippen LogP contribution >= 0.6 is 0 Å². The molecule has 0 bridgehead atoms. The first-order valence-electron chi connectivity index (χ1n) is 12.4. The van der Waals surface area contributed by atoms with E-state index < -0.39 is 16.6 Å². The molecule has 0 heterocycles. The highest BCUT2D eigenvalue weighted by molar-refractivity contribution is 6.74. The molecule has 2 rings (SSSR count). The van der Waals surface area contributed by atoms with Crippen LogP contribution in [-0.4, -0.2) is 29.3 Å². The molecule has 0 aromatic rings. The maximum absolute atomic E-state index is 7.00. The average molecular weight is 453 g/mol. The predicted molar refractivity (Wildman–Crippen MR) is 137 cm³/mol. The summed E-state index contributed by atoms with van der Waals surface area (Å²) in [7, 11) is -3.41. The molecule has 0 N–H and O–H groups in total. The van der Waals surface area contributed by atoms with Crippen molar-refractivity contribution < 1.29 is 8.85 Å². The number of hydrogen-bond acceptors (Lipinski definition) is 2. The second-order valence-electron chi connectivity index (χ2n) is 13.6. The molecule has 30 heavy (non-hydrogen) atoms. The van der Waals surface area contributed by atoms with Crippen molar-refractivity contribution in [3.63, 3.8) is 0 Å². The maximum Gasteiger partial charge on any atom is 0.192 e. The molecule has 0 aromatic heterocycles. The Kier molecular flexibility index (Phi) is 7.72. The van der Waals surface area contributed by atoms with Crippen LogP contribution in [0.4, 0.5) is 0 Å². The minimum Gasteiger partial charge on any atom is -0.417 e. The first-order valence-corrected chi connectivity index (χ1v) is 18.2. The van der Waals surface area contributed by atoms with Gasteiger partial charge in [-0.2, -0.15) is 0 Å². The largest absolute Gasteiger partial charge is 0.417 e. The summed E-state index contributed by atoms with van der Waals surface area (Å²) in [4.78, 5) is 0. The molecule has 0 spiro atoms. The molecule has 4 heteroatoms. The normalized spacial score (nSPS) is 31.0. The van der Waals surface area contributed by atoms with E-state index in [1.165, 1.54) is 37.7 Å². The molecule has 1 unspecified atom stereocenters. The molecule has 2 saturated carbocycles. The summed E-state index contributed by atoms with van der Waals surface area (Å²) in [6.45, 7) is 31.6. The first kappa shape index (κ1) is 26.3. The molecule has 176 valence electrons. The molecule has 0 aromatic carbocycles. The van der Waals surface area contributed by atoms with Crippen molar-refractivity contribution >= 4 is 16.6 Å². The molecular formula is C26H52O2Si2. The molecule has 0 saturated heterocycles. The van der Waals surface area contributed by atoms with Gasteiger partial charge in [0.2, 0.25) is 0 Å². The van der Waals surface area contributed by atoms with Gasteiger partial charge in [0.15, 0.2) is 16.6 Å². The lowest BCUT2D eigenvalue weighted by molar-refractivity contribution is -0.00403. The Morgan fingerprint density at radius 3 is 2.03 bits per heavy atom. The molecular weight excluding hydrogens is 400 g/mol. The van der Waals surface area contributed by atoms with E-state index in [1.807, 2.05) is 0 Å². The van der Waals surface area contributed by atoms with Gasteiger partial charge >= 0.3 is 0 Å². The molecule has 4 atom stereocenters. The Balaban J connectivity index is 2.03. The maximum atomic E-state index is 7.00. The zero-order valence-electron chi connectivity index (χ0n) is 22.2. The highest BCUT2D eigenvalue weighted by atomic mass is 28.4. The van der Waals surface area contributed by atoms with Gasteiger partial charge in [0.05, 0.1) is 0 Å². The molecule has 2 nitrogen and oxygen atoms in total. The monoisotopic (exact) mass is 452 g/mol. The van der Waals surface area contributed by atoms with E-state index in [0.29, 0.717) is 23.4 Å². The van der Waals surface area contributed by atoms with Gasteiger partial charge < -0.3 is 8.85 Å².